The Balaban J connectivity index is 2.07. The van der Waals surface area contributed by atoms with E-state index < -0.39 is 12.1 Å². The Morgan fingerprint density at radius 1 is 1.53 bits per heavy atom. The SMILES string of the molecule is CC(C)CC1OC(=O)C(C(=O)CC2C=CCC2)=C1O. The third-order valence-electron chi connectivity index (χ3n) is 3.54. The zero-order valence-corrected chi connectivity index (χ0v) is 11.4. The molecule has 0 bridgehead atoms. The number of ether oxygens (including phenoxy) is 1. The predicted molar refractivity (Wildman–Crippen MR) is 70.5 cm³/mol. The maximum atomic E-state index is 12.1. The van der Waals surface area contributed by atoms with Crippen LogP contribution in [0.25, 0.3) is 0 Å². The average Bonchev–Trinajstić information content (AvgIpc) is 2.88. The lowest BCUT2D eigenvalue weighted by molar-refractivity contribution is -0.141. The highest BCUT2D eigenvalue weighted by atomic mass is 16.6. The van der Waals surface area contributed by atoms with E-state index in [9.17, 15) is 14.7 Å². The highest BCUT2D eigenvalue weighted by molar-refractivity contribution is 6.19. The number of aliphatic hydroxyl groups is 1. The molecule has 2 aliphatic rings. The molecule has 0 saturated heterocycles. The molecule has 0 spiro atoms. The van der Waals surface area contributed by atoms with E-state index in [2.05, 4.69) is 0 Å². The van der Waals surface area contributed by atoms with Crippen molar-refractivity contribution in [3.8, 4) is 0 Å². The summed E-state index contributed by atoms with van der Waals surface area (Å²) in [6.45, 7) is 3.95. The number of carbonyl (C=O) groups excluding carboxylic acids is 2. The lowest BCUT2D eigenvalue weighted by Crippen LogP contribution is -2.14. The summed E-state index contributed by atoms with van der Waals surface area (Å²) < 4.78 is 5.08. The first-order valence-electron chi connectivity index (χ1n) is 6.83. The molecule has 0 aromatic carbocycles. The fourth-order valence-electron chi connectivity index (χ4n) is 2.56. The van der Waals surface area contributed by atoms with E-state index in [1.54, 1.807) is 0 Å². The standard InChI is InChI=1S/C15H20O4/c1-9(2)7-12-14(17)13(15(18)19-12)11(16)8-10-5-3-4-6-10/h3,5,9-10,12,17H,4,6-8H2,1-2H3. The van der Waals surface area contributed by atoms with Crippen LogP contribution in [0.2, 0.25) is 0 Å². The maximum Gasteiger partial charge on any atom is 0.346 e. The second kappa shape index (κ2) is 5.59. The van der Waals surface area contributed by atoms with Crippen LogP contribution in [0.4, 0.5) is 0 Å². The number of aliphatic hydroxyl groups excluding tert-OH is 1. The number of carbonyl (C=O) groups is 2. The summed E-state index contributed by atoms with van der Waals surface area (Å²) >= 11 is 0. The first-order valence-corrected chi connectivity index (χ1v) is 6.83. The van der Waals surface area contributed by atoms with Crippen LogP contribution >= 0.6 is 0 Å². The van der Waals surface area contributed by atoms with Crippen molar-refractivity contribution in [2.75, 3.05) is 0 Å². The molecule has 104 valence electrons. The van der Waals surface area contributed by atoms with Gasteiger partial charge >= 0.3 is 5.97 Å². The summed E-state index contributed by atoms with van der Waals surface area (Å²) in [5.74, 6) is -0.678. The lowest BCUT2D eigenvalue weighted by atomic mass is 9.96. The molecule has 2 rings (SSSR count). The van der Waals surface area contributed by atoms with Gasteiger partial charge in [-0.1, -0.05) is 26.0 Å². The second-order valence-electron chi connectivity index (χ2n) is 5.68. The van der Waals surface area contributed by atoms with E-state index in [0.717, 1.165) is 12.8 Å². The van der Waals surface area contributed by atoms with Crippen LogP contribution in [0.5, 0.6) is 0 Å². The number of cyclic esters (lactones) is 1. The van der Waals surface area contributed by atoms with Gasteiger partial charge in [-0.3, -0.25) is 4.79 Å². The molecule has 1 aliphatic carbocycles. The number of allylic oxidation sites excluding steroid dienone is 2. The van der Waals surface area contributed by atoms with Crippen molar-refractivity contribution in [1.82, 2.24) is 0 Å². The molecule has 0 saturated carbocycles. The number of hydrogen-bond acceptors (Lipinski definition) is 4. The van der Waals surface area contributed by atoms with Gasteiger partial charge in [-0.05, 0) is 31.1 Å². The topological polar surface area (TPSA) is 63.6 Å². The maximum absolute atomic E-state index is 12.1. The summed E-state index contributed by atoms with van der Waals surface area (Å²) in [5, 5.41) is 10.0. The van der Waals surface area contributed by atoms with Gasteiger partial charge in [-0.15, -0.1) is 0 Å². The van der Waals surface area contributed by atoms with E-state index in [0.29, 0.717) is 6.42 Å². The minimum Gasteiger partial charge on any atom is -0.507 e. The monoisotopic (exact) mass is 264 g/mol. The van der Waals surface area contributed by atoms with E-state index in [1.807, 2.05) is 26.0 Å². The minimum absolute atomic E-state index is 0.133. The van der Waals surface area contributed by atoms with Gasteiger partial charge in [0.15, 0.2) is 17.6 Å². The smallest absolute Gasteiger partial charge is 0.346 e. The molecular weight excluding hydrogens is 244 g/mol. The van der Waals surface area contributed by atoms with Crippen molar-refractivity contribution in [2.24, 2.45) is 11.8 Å². The van der Waals surface area contributed by atoms with Crippen molar-refractivity contribution in [2.45, 2.75) is 45.6 Å². The van der Waals surface area contributed by atoms with Crippen LogP contribution < -0.4 is 0 Å². The van der Waals surface area contributed by atoms with Crippen molar-refractivity contribution < 1.29 is 19.4 Å². The van der Waals surface area contributed by atoms with Crippen molar-refractivity contribution in [3.63, 3.8) is 0 Å². The number of hydrogen-bond donors (Lipinski definition) is 1. The summed E-state index contributed by atoms with van der Waals surface area (Å²) in [5.41, 5.74) is -0.133. The van der Waals surface area contributed by atoms with Gasteiger partial charge in [0.2, 0.25) is 0 Å². The highest BCUT2D eigenvalue weighted by Gasteiger charge is 2.38. The summed E-state index contributed by atoms with van der Waals surface area (Å²) in [4.78, 5) is 23.8. The van der Waals surface area contributed by atoms with Crippen LogP contribution in [-0.4, -0.2) is 23.0 Å². The molecule has 0 radical (unpaired) electrons. The molecule has 0 aromatic rings. The van der Waals surface area contributed by atoms with Gasteiger partial charge in [0, 0.05) is 6.42 Å². The molecule has 1 heterocycles. The van der Waals surface area contributed by atoms with Gasteiger partial charge < -0.3 is 9.84 Å². The van der Waals surface area contributed by atoms with E-state index >= 15 is 0 Å². The number of esters is 1. The molecule has 19 heavy (non-hydrogen) atoms. The van der Waals surface area contributed by atoms with Gasteiger partial charge in [0.25, 0.3) is 0 Å². The van der Waals surface area contributed by atoms with Gasteiger partial charge in [-0.25, -0.2) is 4.79 Å². The fourth-order valence-corrected chi connectivity index (χ4v) is 2.56. The van der Waals surface area contributed by atoms with Crippen LogP contribution in [0.1, 0.15) is 39.5 Å². The first-order chi connectivity index (χ1) is 8.99. The molecule has 1 N–H and O–H groups in total. The molecule has 2 atom stereocenters. The van der Waals surface area contributed by atoms with E-state index in [-0.39, 0.29) is 35.4 Å². The second-order valence-corrected chi connectivity index (χ2v) is 5.68. The number of ketones is 1. The van der Waals surface area contributed by atoms with Crippen molar-refractivity contribution in [3.05, 3.63) is 23.5 Å². The summed E-state index contributed by atoms with van der Waals surface area (Å²) in [6.07, 6.45) is 6.12. The average molecular weight is 264 g/mol. The van der Waals surface area contributed by atoms with Crippen LogP contribution in [0, 0.1) is 11.8 Å². The molecule has 0 aromatic heterocycles. The largest absolute Gasteiger partial charge is 0.507 e. The minimum atomic E-state index is -0.671. The predicted octanol–water partition coefficient (Wildman–Crippen LogP) is 2.70. The van der Waals surface area contributed by atoms with Gasteiger partial charge in [0.1, 0.15) is 5.57 Å². The first kappa shape index (κ1) is 13.8. The third-order valence-corrected chi connectivity index (χ3v) is 3.54. The van der Waals surface area contributed by atoms with E-state index in [1.165, 1.54) is 0 Å². The Hall–Kier alpha value is -1.58. The number of Topliss-reactive ketones (excluding diaryl/α,β-unsaturated/α-hetero) is 1. The molecular formula is C15H20O4. The van der Waals surface area contributed by atoms with Crippen LogP contribution in [0.3, 0.4) is 0 Å². The Bertz CT molecular complexity index is 445. The molecule has 0 amide bonds. The highest BCUT2D eigenvalue weighted by Crippen LogP contribution is 2.29. The summed E-state index contributed by atoms with van der Waals surface area (Å²) in [7, 11) is 0. The Morgan fingerprint density at radius 2 is 2.26 bits per heavy atom. The Kier molecular flexibility index (Phi) is 4.08. The van der Waals surface area contributed by atoms with Gasteiger partial charge in [0.05, 0.1) is 0 Å². The lowest BCUT2D eigenvalue weighted by Gasteiger charge is -2.11. The molecule has 4 heteroatoms. The zero-order chi connectivity index (χ0) is 14.0. The molecule has 1 aliphatic heterocycles. The Morgan fingerprint density at radius 3 is 2.84 bits per heavy atom. The van der Waals surface area contributed by atoms with Gasteiger partial charge in [-0.2, -0.15) is 0 Å². The third kappa shape index (κ3) is 3.06. The van der Waals surface area contributed by atoms with Crippen LogP contribution in [0.15, 0.2) is 23.5 Å². The molecule has 4 nitrogen and oxygen atoms in total. The van der Waals surface area contributed by atoms with Crippen molar-refractivity contribution in [1.29, 1.82) is 0 Å². The van der Waals surface area contributed by atoms with E-state index in [4.69, 9.17) is 4.74 Å². The normalized spacial score (nSPS) is 26.4. The fraction of sp³-hybridized carbons (Fsp3) is 0.600. The zero-order valence-electron chi connectivity index (χ0n) is 11.4. The quantitative estimate of drug-likeness (QED) is 0.471. The number of rotatable bonds is 5. The molecule has 0 fully saturated rings. The molecule has 2 unspecified atom stereocenters. The van der Waals surface area contributed by atoms with Crippen molar-refractivity contribution >= 4 is 11.8 Å². The van der Waals surface area contributed by atoms with Crippen LogP contribution in [-0.2, 0) is 14.3 Å². The Labute approximate surface area is 113 Å². The summed E-state index contributed by atoms with van der Waals surface area (Å²) in [6, 6.07) is 0.